The number of aryl methyl sites for hydroxylation is 1. The molecule has 0 amide bonds. The average molecular weight is 288 g/mol. The molecule has 0 radical (unpaired) electrons. The molecule has 3 N–H and O–H groups in total. The van der Waals surface area contributed by atoms with Crippen LogP contribution in [0.4, 0.5) is 21.7 Å². The van der Waals surface area contributed by atoms with Gasteiger partial charge in [0.2, 0.25) is 0 Å². The summed E-state index contributed by atoms with van der Waals surface area (Å²) >= 11 is 0. The van der Waals surface area contributed by atoms with Crippen molar-refractivity contribution in [2.45, 2.75) is 40.0 Å². The Labute approximate surface area is 124 Å². The lowest BCUT2D eigenvalue weighted by Gasteiger charge is -2.20. The van der Waals surface area contributed by atoms with Gasteiger partial charge in [-0.15, -0.1) is 0 Å². The molecule has 21 heavy (non-hydrogen) atoms. The standard InChI is InChI=1S/C16H21FN4/c1-9-6-7-11(17)8-12(9)19-14-10(2)13(18)20-15(21-14)16(3,4)5/h6-8H,1-5H3,(H3,18,19,20,21). The molecule has 112 valence electrons. The summed E-state index contributed by atoms with van der Waals surface area (Å²) in [4.78, 5) is 8.88. The number of nitrogens with zero attached hydrogens (tertiary/aromatic N) is 2. The Morgan fingerprint density at radius 2 is 1.81 bits per heavy atom. The van der Waals surface area contributed by atoms with Gasteiger partial charge in [0.25, 0.3) is 0 Å². The molecular weight excluding hydrogens is 267 g/mol. The van der Waals surface area contributed by atoms with Gasteiger partial charge in [0.1, 0.15) is 23.3 Å². The van der Waals surface area contributed by atoms with Crippen LogP contribution in [-0.4, -0.2) is 9.97 Å². The van der Waals surface area contributed by atoms with E-state index in [0.717, 1.165) is 11.1 Å². The van der Waals surface area contributed by atoms with Gasteiger partial charge in [0, 0.05) is 16.7 Å². The van der Waals surface area contributed by atoms with Crippen LogP contribution in [0.25, 0.3) is 0 Å². The van der Waals surface area contributed by atoms with Gasteiger partial charge in [-0.05, 0) is 31.5 Å². The summed E-state index contributed by atoms with van der Waals surface area (Å²) in [6.45, 7) is 9.82. The predicted molar refractivity (Wildman–Crippen MR) is 84.3 cm³/mol. The van der Waals surface area contributed by atoms with E-state index in [1.807, 2.05) is 34.6 Å². The second kappa shape index (κ2) is 5.31. The molecule has 0 atom stereocenters. The highest BCUT2D eigenvalue weighted by molar-refractivity contribution is 5.66. The van der Waals surface area contributed by atoms with Crippen molar-refractivity contribution in [1.29, 1.82) is 0 Å². The van der Waals surface area contributed by atoms with Crippen LogP contribution >= 0.6 is 0 Å². The summed E-state index contributed by atoms with van der Waals surface area (Å²) in [7, 11) is 0. The van der Waals surface area contributed by atoms with Crippen LogP contribution in [-0.2, 0) is 5.41 Å². The van der Waals surface area contributed by atoms with E-state index in [-0.39, 0.29) is 11.2 Å². The minimum atomic E-state index is -0.293. The molecule has 0 spiro atoms. The second-order valence-corrected chi connectivity index (χ2v) is 6.24. The summed E-state index contributed by atoms with van der Waals surface area (Å²) in [6.07, 6.45) is 0. The van der Waals surface area contributed by atoms with Crippen molar-refractivity contribution < 1.29 is 4.39 Å². The Bertz CT molecular complexity index is 675. The Morgan fingerprint density at radius 1 is 1.14 bits per heavy atom. The van der Waals surface area contributed by atoms with Crippen molar-refractivity contribution in [3.05, 3.63) is 41.0 Å². The van der Waals surface area contributed by atoms with E-state index >= 15 is 0 Å². The maximum Gasteiger partial charge on any atom is 0.139 e. The zero-order valence-corrected chi connectivity index (χ0v) is 13.1. The van der Waals surface area contributed by atoms with E-state index in [0.29, 0.717) is 23.1 Å². The third-order valence-electron chi connectivity index (χ3n) is 3.31. The quantitative estimate of drug-likeness (QED) is 0.881. The van der Waals surface area contributed by atoms with E-state index in [2.05, 4.69) is 15.3 Å². The number of rotatable bonds is 2. The van der Waals surface area contributed by atoms with Crippen molar-refractivity contribution in [2.75, 3.05) is 11.1 Å². The number of anilines is 3. The van der Waals surface area contributed by atoms with E-state index in [1.165, 1.54) is 12.1 Å². The first kappa shape index (κ1) is 15.2. The fraction of sp³-hybridized carbons (Fsp3) is 0.375. The van der Waals surface area contributed by atoms with Crippen molar-refractivity contribution in [3.63, 3.8) is 0 Å². The molecular formula is C16H21FN4. The molecule has 0 unspecified atom stereocenters. The van der Waals surface area contributed by atoms with Crippen LogP contribution in [0.1, 0.15) is 37.7 Å². The van der Waals surface area contributed by atoms with Gasteiger partial charge < -0.3 is 11.1 Å². The molecule has 5 heteroatoms. The zero-order chi connectivity index (χ0) is 15.8. The molecule has 0 aliphatic rings. The topological polar surface area (TPSA) is 63.8 Å². The maximum atomic E-state index is 13.4. The number of halogens is 1. The third kappa shape index (κ3) is 3.29. The molecule has 0 aliphatic heterocycles. The van der Waals surface area contributed by atoms with Crippen LogP contribution < -0.4 is 11.1 Å². The summed E-state index contributed by atoms with van der Waals surface area (Å²) in [5.74, 6) is 1.41. The van der Waals surface area contributed by atoms with Crippen LogP contribution in [0, 0.1) is 19.7 Å². The molecule has 0 saturated carbocycles. The molecule has 0 fully saturated rings. The fourth-order valence-electron chi connectivity index (χ4n) is 1.85. The molecule has 4 nitrogen and oxygen atoms in total. The van der Waals surface area contributed by atoms with Crippen molar-refractivity contribution in [3.8, 4) is 0 Å². The van der Waals surface area contributed by atoms with Gasteiger partial charge in [-0.1, -0.05) is 26.8 Å². The van der Waals surface area contributed by atoms with Crippen molar-refractivity contribution in [1.82, 2.24) is 9.97 Å². The van der Waals surface area contributed by atoms with E-state index in [4.69, 9.17) is 5.73 Å². The number of nitrogens with two attached hydrogens (primary N) is 1. The van der Waals surface area contributed by atoms with Crippen LogP contribution in [0.2, 0.25) is 0 Å². The van der Waals surface area contributed by atoms with Crippen LogP contribution in [0.15, 0.2) is 18.2 Å². The maximum absolute atomic E-state index is 13.4. The van der Waals surface area contributed by atoms with Crippen LogP contribution in [0.3, 0.4) is 0 Å². The van der Waals surface area contributed by atoms with Gasteiger partial charge in [-0.2, -0.15) is 0 Å². The van der Waals surface area contributed by atoms with E-state index < -0.39 is 0 Å². The van der Waals surface area contributed by atoms with Gasteiger partial charge in [0.05, 0.1) is 0 Å². The fourth-order valence-corrected chi connectivity index (χ4v) is 1.85. The first-order valence-corrected chi connectivity index (χ1v) is 6.86. The summed E-state index contributed by atoms with van der Waals surface area (Å²) in [5.41, 5.74) is 8.13. The molecule has 1 aromatic heterocycles. The lowest BCUT2D eigenvalue weighted by Crippen LogP contribution is -2.19. The number of hydrogen-bond acceptors (Lipinski definition) is 4. The SMILES string of the molecule is Cc1ccc(F)cc1Nc1nc(C(C)(C)C)nc(N)c1C. The van der Waals surface area contributed by atoms with Gasteiger partial charge in [-0.3, -0.25) is 0 Å². The molecule has 0 aliphatic carbocycles. The van der Waals surface area contributed by atoms with Gasteiger partial charge in [-0.25, -0.2) is 14.4 Å². The highest BCUT2D eigenvalue weighted by Crippen LogP contribution is 2.28. The first-order chi connectivity index (χ1) is 9.68. The van der Waals surface area contributed by atoms with Crippen LogP contribution in [0.5, 0.6) is 0 Å². The normalized spacial score (nSPS) is 11.5. The number of hydrogen-bond donors (Lipinski definition) is 2. The smallest absolute Gasteiger partial charge is 0.139 e. The van der Waals surface area contributed by atoms with Crippen molar-refractivity contribution in [2.24, 2.45) is 0 Å². The summed E-state index contributed by atoms with van der Waals surface area (Å²) in [6, 6.07) is 4.61. The molecule has 0 saturated heterocycles. The first-order valence-electron chi connectivity index (χ1n) is 6.86. The third-order valence-corrected chi connectivity index (χ3v) is 3.31. The monoisotopic (exact) mass is 288 g/mol. The Kier molecular flexibility index (Phi) is 3.85. The molecule has 1 heterocycles. The Hall–Kier alpha value is -2.17. The zero-order valence-electron chi connectivity index (χ0n) is 13.1. The Morgan fingerprint density at radius 3 is 2.43 bits per heavy atom. The lowest BCUT2D eigenvalue weighted by atomic mass is 9.95. The molecule has 0 bridgehead atoms. The lowest BCUT2D eigenvalue weighted by molar-refractivity contribution is 0.546. The summed E-state index contributed by atoms with van der Waals surface area (Å²) in [5, 5.41) is 3.16. The predicted octanol–water partition coefficient (Wildman–Crippen LogP) is 3.86. The van der Waals surface area contributed by atoms with Gasteiger partial charge >= 0.3 is 0 Å². The minimum Gasteiger partial charge on any atom is -0.383 e. The second-order valence-electron chi connectivity index (χ2n) is 6.24. The number of aromatic nitrogens is 2. The highest BCUT2D eigenvalue weighted by Gasteiger charge is 2.20. The average Bonchev–Trinajstić information content (AvgIpc) is 2.37. The molecule has 1 aromatic carbocycles. The largest absolute Gasteiger partial charge is 0.383 e. The molecule has 2 rings (SSSR count). The number of nitrogens with one attached hydrogen (secondary N) is 1. The number of nitrogen functional groups attached to an aromatic ring is 1. The van der Waals surface area contributed by atoms with E-state index in [1.54, 1.807) is 6.07 Å². The Balaban J connectivity index is 2.49. The minimum absolute atomic E-state index is 0.213. The molecule has 2 aromatic rings. The highest BCUT2D eigenvalue weighted by atomic mass is 19.1. The number of benzene rings is 1. The van der Waals surface area contributed by atoms with Crippen molar-refractivity contribution >= 4 is 17.3 Å². The summed E-state index contributed by atoms with van der Waals surface area (Å²) < 4.78 is 13.4. The van der Waals surface area contributed by atoms with E-state index in [9.17, 15) is 4.39 Å². The van der Waals surface area contributed by atoms with Gasteiger partial charge in [0.15, 0.2) is 0 Å².